The summed E-state index contributed by atoms with van der Waals surface area (Å²) in [5.74, 6) is -1.67. The Morgan fingerprint density at radius 3 is 2.75 bits per heavy atom. The third kappa shape index (κ3) is 5.37. The van der Waals surface area contributed by atoms with Crippen molar-refractivity contribution in [2.45, 2.75) is 18.2 Å². The summed E-state index contributed by atoms with van der Waals surface area (Å²) in [5.41, 5.74) is 0.0497. The molecule has 0 bridgehead atoms. The van der Waals surface area contributed by atoms with E-state index < -0.39 is 33.6 Å². The first-order valence-corrected chi connectivity index (χ1v) is 10.2. The molecule has 0 spiro atoms. The van der Waals surface area contributed by atoms with E-state index in [1.54, 1.807) is 23.6 Å². The first-order valence-electron chi connectivity index (χ1n) is 6.85. The van der Waals surface area contributed by atoms with Gasteiger partial charge in [-0.1, -0.05) is 28.1 Å². The maximum absolute atomic E-state index is 13.9. The van der Waals surface area contributed by atoms with Crippen molar-refractivity contribution >= 4 is 43.3 Å². The fourth-order valence-corrected chi connectivity index (χ4v) is 4.60. The predicted molar refractivity (Wildman–Crippen MR) is 93.6 cm³/mol. The van der Waals surface area contributed by atoms with E-state index in [1.807, 2.05) is 0 Å². The summed E-state index contributed by atoms with van der Waals surface area (Å²) in [6, 6.07) is 6.91. The van der Waals surface area contributed by atoms with E-state index in [-0.39, 0.29) is 12.0 Å². The summed E-state index contributed by atoms with van der Waals surface area (Å²) < 4.78 is 46.2. The van der Waals surface area contributed by atoms with Gasteiger partial charge in [-0.25, -0.2) is 17.5 Å². The van der Waals surface area contributed by atoms with Crippen LogP contribution in [0.5, 0.6) is 0 Å². The molecule has 24 heavy (non-hydrogen) atoms. The minimum absolute atomic E-state index is 0.0497. The lowest BCUT2D eigenvalue weighted by Gasteiger charge is -2.17. The van der Waals surface area contributed by atoms with Crippen LogP contribution in [0, 0.1) is 5.82 Å². The third-order valence-electron chi connectivity index (χ3n) is 3.17. The van der Waals surface area contributed by atoms with E-state index in [9.17, 15) is 17.6 Å². The van der Waals surface area contributed by atoms with Crippen LogP contribution >= 0.6 is 27.3 Å². The second-order valence-electron chi connectivity index (χ2n) is 4.96. The Balaban J connectivity index is 2.18. The summed E-state index contributed by atoms with van der Waals surface area (Å²) in [5, 5.41) is 1.78. The van der Waals surface area contributed by atoms with E-state index >= 15 is 0 Å². The first-order chi connectivity index (χ1) is 11.3. The van der Waals surface area contributed by atoms with Crippen molar-refractivity contribution in [3.63, 3.8) is 0 Å². The lowest BCUT2D eigenvalue weighted by atomic mass is 10.2. The summed E-state index contributed by atoms with van der Waals surface area (Å²) in [7, 11) is -2.62. The number of halogens is 2. The second kappa shape index (κ2) is 8.19. The molecule has 130 valence electrons. The second-order valence-corrected chi connectivity index (χ2v) is 8.61. The molecular formula is C15H15BrFNO4S2. The van der Waals surface area contributed by atoms with Crippen molar-refractivity contribution in [3.05, 3.63) is 56.4 Å². The molecular weight excluding hydrogens is 421 g/mol. The van der Waals surface area contributed by atoms with Crippen molar-refractivity contribution in [3.8, 4) is 0 Å². The quantitative estimate of drug-likeness (QED) is 0.676. The first kappa shape index (κ1) is 19.0. The highest BCUT2D eigenvalue weighted by molar-refractivity contribution is 9.10. The number of methoxy groups -OCH3 is 1. The molecule has 0 radical (unpaired) electrons. The molecule has 0 aliphatic heterocycles. The fraction of sp³-hybridized carbons (Fsp3) is 0.267. The van der Waals surface area contributed by atoms with Gasteiger partial charge in [-0.2, -0.15) is 0 Å². The zero-order chi connectivity index (χ0) is 17.7. The molecule has 1 atom stereocenters. The predicted octanol–water partition coefficient (Wildman–Crippen LogP) is 3.37. The van der Waals surface area contributed by atoms with Crippen molar-refractivity contribution in [1.82, 2.24) is 4.72 Å². The van der Waals surface area contributed by atoms with E-state index in [0.717, 1.165) is 0 Å². The summed E-state index contributed by atoms with van der Waals surface area (Å²) in [6.07, 6.45) is -0.140. The van der Waals surface area contributed by atoms with Gasteiger partial charge >= 0.3 is 5.97 Å². The van der Waals surface area contributed by atoms with E-state index in [2.05, 4.69) is 25.4 Å². The molecule has 0 fully saturated rings. The van der Waals surface area contributed by atoms with Gasteiger partial charge in [-0.15, -0.1) is 11.3 Å². The average molecular weight is 436 g/mol. The van der Waals surface area contributed by atoms with Crippen LogP contribution in [0.1, 0.15) is 22.9 Å². The number of thiophene rings is 1. The minimum Gasteiger partial charge on any atom is -0.469 e. The molecule has 5 nitrogen and oxygen atoms in total. The van der Waals surface area contributed by atoms with Crippen LogP contribution in [0.15, 0.2) is 40.2 Å². The van der Waals surface area contributed by atoms with Crippen LogP contribution in [-0.2, 0) is 25.3 Å². The normalized spacial score (nSPS) is 12.8. The molecule has 0 unspecified atom stereocenters. The molecule has 0 saturated heterocycles. The standard InChI is InChI=1S/C15H15BrFNO4S2/c1-22-15(19)8-13(14-3-2-6-23-14)18-24(20,21)9-10-4-5-11(16)7-12(10)17/h2-7,13,18H,8-9H2,1H3/t13-/m1/s1. The Morgan fingerprint density at radius 2 is 2.17 bits per heavy atom. The number of carbonyl (C=O) groups is 1. The Hall–Kier alpha value is -1.29. The van der Waals surface area contributed by atoms with E-state index in [1.165, 1.54) is 30.6 Å². The smallest absolute Gasteiger partial charge is 0.307 e. The molecule has 1 heterocycles. The number of rotatable bonds is 7. The summed E-state index contributed by atoms with van der Waals surface area (Å²) in [6.45, 7) is 0. The van der Waals surface area contributed by atoms with Gasteiger partial charge in [0.05, 0.1) is 25.3 Å². The molecule has 0 amide bonds. The monoisotopic (exact) mass is 435 g/mol. The largest absolute Gasteiger partial charge is 0.469 e. The van der Waals surface area contributed by atoms with E-state index in [4.69, 9.17) is 0 Å². The lowest BCUT2D eigenvalue weighted by molar-refractivity contribution is -0.141. The molecule has 1 aromatic heterocycles. The van der Waals surface area contributed by atoms with Gasteiger partial charge < -0.3 is 4.74 Å². The van der Waals surface area contributed by atoms with Gasteiger partial charge in [0.2, 0.25) is 10.0 Å². The van der Waals surface area contributed by atoms with Gasteiger partial charge in [0.1, 0.15) is 5.82 Å². The lowest BCUT2D eigenvalue weighted by Crippen LogP contribution is -2.31. The Morgan fingerprint density at radius 1 is 1.42 bits per heavy atom. The number of benzene rings is 1. The van der Waals surface area contributed by atoms with Gasteiger partial charge in [-0.05, 0) is 23.6 Å². The molecule has 1 aromatic carbocycles. The van der Waals surface area contributed by atoms with Crippen LogP contribution in [-0.4, -0.2) is 21.5 Å². The van der Waals surface area contributed by atoms with Crippen molar-refractivity contribution in [2.24, 2.45) is 0 Å². The van der Waals surface area contributed by atoms with Crippen LogP contribution in [0.25, 0.3) is 0 Å². The van der Waals surface area contributed by atoms with Gasteiger partial charge in [0, 0.05) is 14.9 Å². The van der Waals surface area contributed by atoms with Crippen LogP contribution in [0.3, 0.4) is 0 Å². The number of hydrogen-bond donors (Lipinski definition) is 1. The number of ether oxygens (including phenoxy) is 1. The van der Waals surface area contributed by atoms with E-state index in [0.29, 0.717) is 9.35 Å². The highest BCUT2D eigenvalue weighted by Gasteiger charge is 2.24. The van der Waals surface area contributed by atoms with Crippen molar-refractivity contribution in [2.75, 3.05) is 7.11 Å². The van der Waals surface area contributed by atoms with Crippen molar-refractivity contribution < 1.29 is 22.3 Å². The maximum atomic E-state index is 13.9. The van der Waals surface area contributed by atoms with Crippen molar-refractivity contribution in [1.29, 1.82) is 0 Å². The molecule has 2 aromatic rings. The Kier molecular flexibility index (Phi) is 6.50. The number of hydrogen-bond acceptors (Lipinski definition) is 5. The number of nitrogens with one attached hydrogen (secondary N) is 1. The molecule has 9 heteroatoms. The van der Waals surface area contributed by atoms with Gasteiger partial charge in [0.25, 0.3) is 0 Å². The topological polar surface area (TPSA) is 72.5 Å². The summed E-state index contributed by atoms with van der Waals surface area (Å²) >= 11 is 4.44. The maximum Gasteiger partial charge on any atom is 0.307 e. The molecule has 2 rings (SSSR count). The molecule has 1 N–H and O–H groups in total. The highest BCUT2D eigenvalue weighted by atomic mass is 79.9. The fourth-order valence-electron chi connectivity index (χ4n) is 2.04. The van der Waals surface area contributed by atoms with Crippen LogP contribution < -0.4 is 4.72 Å². The summed E-state index contributed by atoms with van der Waals surface area (Å²) in [4.78, 5) is 12.2. The van der Waals surface area contributed by atoms with Gasteiger partial charge in [0.15, 0.2) is 0 Å². The SMILES string of the molecule is COC(=O)C[C@@H](NS(=O)(=O)Cc1ccc(Br)cc1F)c1cccs1. The van der Waals surface area contributed by atoms with Crippen LogP contribution in [0.2, 0.25) is 0 Å². The number of sulfonamides is 1. The van der Waals surface area contributed by atoms with Crippen LogP contribution in [0.4, 0.5) is 4.39 Å². The van der Waals surface area contributed by atoms with Gasteiger partial charge in [-0.3, -0.25) is 4.79 Å². The zero-order valence-electron chi connectivity index (χ0n) is 12.7. The number of carbonyl (C=O) groups excluding carboxylic acids is 1. The molecule has 0 aliphatic carbocycles. The minimum atomic E-state index is -3.86. The Labute approximate surface area is 152 Å². The zero-order valence-corrected chi connectivity index (χ0v) is 15.9. The Bertz CT molecular complexity index is 809. The average Bonchev–Trinajstić information content (AvgIpc) is 3.03. The third-order valence-corrected chi connectivity index (χ3v) is 5.98. The highest BCUT2D eigenvalue weighted by Crippen LogP contribution is 2.24. The molecule has 0 aliphatic rings. The number of esters is 1. The molecule has 0 saturated carbocycles.